The van der Waals surface area contributed by atoms with Crippen LogP contribution in [0.5, 0.6) is 0 Å². The fourth-order valence-corrected chi connectivity index (χ4v) is 2.35. The summed E-state index contributed by atoms with van der Waals surface area (Å²) in [4.78, 5) is 22.9. The average molecular weight is 380 g/mol. The molecular weight excluding hydrogens is 351 g/mol. The van der Waals surface area contributed by atoms with Crippen molar-refractivity contribution in [2.75, 3.05) is 54.1 Å². The number of amides is 1. The predicted octanol–water partition coefficient (Wildman–Crippen LogP) is 0.0848. The van der Waals surface area contributed by atoms with Gasteiger partial charge in [-0.05, 0) is 19.3 Å². The maximum atomic E-state index is 11.6. The number of terminal acetylenes is 1. The van der Waals surface area contributed by atoms with E-state index in [0.29, 0.717) is 30.3 Å². The zero-order valence-electron chi connectivity index (χ0n) is 15.1. The van der Waals surface area contributed by atoms with E-state index in [1.807, 2.05) is 21.1 Å². The number of hydrogen-bond acceptors (Lipinski definition) is 7. The number of ether oxygens (including phenoxy) is 1. The zero-order chi connectivity index (χ0) is 19.3. The van der Waals surface area contributed by atoms with Gasteiger partial charge in [0.25, 0.3) is 7.82 Å². The van der Waals surface area contributed by atoms with Crippen LogP contribution in [0.3, 0.4) is 0 Å². The third kappa shape index (κ3) is 14.9. The summed E-state index contributed by atoms with van der Waals surface area (Å²) in [5, 5.41) is 11.5. The van der Waals surface area contributed by atoms with Crippen LogP contribution in [0.15, 0.2) is 0 Å². The molecule has 9 nitrogen and oxygen atoms in total. The first kappa shape index (κ1) is 23.9. The van der Waals surface area contributed by atoms with Crippen molar-refractivity contribution in [1.82, 2.24) is 5.32 Å². The third-order valence-corrected chi connectivity index (χ3v) is 3.99. The van der Waals surface area contributed by atoms with E-state index in [1.165, 1.54) is 0 Å². The zero-order valence-corrected chi connectivity index (χ0v) is 16.0. The smallest absolute Gasteiger partial charge is 0.408 e. The van der Waals surface area contributed by atoms with Crippen LogP contribution in [-0.2, 0) is 18.3 Å². The molecule has 0 saturated carbocycles. The Morgan fingerprint density at radius 3 is 2.52 bits per heavy atom. The molecule has 0 aromatic rings. The standard InChI is InChI=1S/C15H29N2O7P/c1-5-9-16-15(19)24-14(13-18)8-6-7-11-22-25(20,21)23-12-10-17(2,3)4/h1,14,18H,6-13H2,2-4H3,(H-,16,19,20,21). The lowest BCUT2D eigenvalue weighted by atomic mass is 10.2. The minimum Gasteiger partial charge on any atom is -0.756 e. The number of hydrogen-bond donors (Lipinski definition) is 2. The van der Waals surface area contributed by atoms with Gasteiger partial charge in [-0.2, -0.15) is 0 Å². The molecular formula is C15H29N2O7P. The molecule has 0 aromatic carbocycles. The number of nitrogens with zero attached hydrogens (tertiary/aromatic N) is 1. The Morgan fingerprint density at radius 2 is 1.96 bits per heavy atom. The van der Waals surface area contributed by atoms with Crippen molar-refractivity contribution in [2.24, 2.45) is 0 Å². The molecule has 0 aliphatic carbocycles. The number of aliphatic hydroxyl groups excluding tert-OH is 1. The van der Waals surface area contributed by atoms with Gasteiger partial charge in [-0.15, -0.1) is 6.42 Å². The molecule has 2 N–H and O–H groups in total. The average Bonchev–Trinajstić information content (AvgIpc) is 2.49. The Morgan fingerprint density at radius 1 is 1.32 bits per heavy atom. The number of phosphoric acid groups is 1. The minimum absolute atomic E-state index is 0.0351. The Bertz CT molecular complexity index is 473. The molecule has 2 atom stereocenters. The van der Waals surface area contributed by atoms with Gasteiger partial charge in [0.1, 0.15) is 19.3 Å². The maximum Gasteiger partial charge on any atom is 0.408 e. The monoisotopic (exact) mass is 380 g/mol. The van der Waals surface area contributed by atoms with E-state index < -0.39 is 20.0 Å². The van der Waals surface area contributed by atoms with Crippen molar-refractivity contribution in [3.63, 3.8) is 0 Å². The van der Waals surface area contributed by atoms with Gasteiger partial charge < -0.3 is 33.6 Å². The van der Waals surface area contributed by atoms with Crippen molar-refractivity contribution in [3.8, 4) is 12.3 Å². The topological polar surface area (TPSA) is 117 Å². The molecule has 0 bridgehead atoms. The maximum absolute atomic E-state index is 11.6. The van der Waals surface area contributed by atoms with E-state index in [4.69, 9.17) is 25.3 Å². The SMILES string of the molecule is C#CCNC(=O)OC(CO)CCCCOP(=O)([O-])OCC[N+](C)(C)C. The van der Waals surface area contributed by atoms with Crippen molar-refractivity contribution < 1.29 is 37.6 Å². The van der Waals surface area contributed by atoms with Gasteiger partial charge in [0, 0.05) is 0 Å². The van der Waals surface area contributed by atoms with Gasteiger partial charge in [0.05, 0.1) is 40.9 Å². The first-order valence-corrected chi connectivity index (χ1v) is 9.45. The molecule has 0 saturated heterocycles. The molecule has 1 amide bonds. The molecule has 0 aromatic heterocycles. The lowest BCUT2D eigenvalue weighted by Crippen LogP contribution is -2.37. The second kappa shape index (κ2) is 12.3. The summed E-state index contributed by atoms with van der Waals surface area (Å²) in [7, 11) is 1.46. The summed E-state index contributed by atoms with van der Waals surface area (Å²) in [6.07, 6.45) is 4.90. The summed E-state index contributed by atoms with van der Waals surface area (Å²) in [5.41, 5.74) is 0. The van der Waals surface area contributed by atoms with E-state index in [2.05, 4.69) is 11.2 Å². The summed E-state index contributed by atoms with van der Waals surface area (Å²) >= 11 is 0. The number of rotatable bonds is 13. The van der Waals surface area contributed by atoms with Crippen molar-refractivity contribution in [3.05, 3.63) is 0 Å². The molecule has 0 spiro atoms. The number of phosphoric ester groups is 1. The molecule has 25 heavy (non-hydrogen) atoms. The predicted molar refractivity (Wildman–Crippen MR) is 90.5 cm³/mol. The second-order valence-electron chi connectivity index (χ2n) is 6.39. The lowest BCUT2D eigenvalue weighted by molar-refractivity contribution is -0.870. The Kier molecular flexibility index (Phi) is 11.7. The summed E-state index contributed by atoms with van der Waals surface area (Å²) in [6, 6.07) is 0. The Balaban J connectivity index is 3.89. The highest BCUT2D eigenvalue weighted by atomic mass is 31.2. The van der Waals surface area contributed by atoms with Gasteiger partial charge in [-0.1, -0.05) is 5.92 Å². The summed E-state index contributed by atoms with van der Waals surface area (Å²) < 4.78 is 26.6. The normalized spacial score (nSPS) is 15.0. The van der Waals surface area contributed by atoms with Crippen LogP contribution in [-0.4, -0.2) is 75.8 Å². The van der Waals surface area contributed by atoms with Crippen LogP contribution in [0, 0.1) is 12.3 Å². The van der Waals surface area contributed by atoms with Gasteiger partial charge >= 0.3 is 6.09 Å². The lowest BCUT2D eigenvalue weighted by Gasteiger charge is -2.27. The molecule has 0 heterocycles. The van der Waals surface area contributed by atoms with Gasteiger partial charge in [0.2, 0.25) is 0 Å². The van der Waals surface area contributed by atoms with Crippen LogP contribution >= 0.6 is 7.82 Å². The summed E-state index contributed by atoms with van der Waals surface area (Å²) in [5.74, 6) is 2.23. The van der Waals surface area contributed by atoms with Crippen molar-refractivity contribution in [1.29, 1.82) is 0 Å². The minimum atomic E-state index is -4.31. The highest BCUT2D eigenvalue weighted by Gasteiger charge is 2.15. The number of aliphatic hydroxyl groups is 1. The molecule has 10 heteroatoms. The van der Waals surface area contributed by atoms with E-state index in [0.717, 1.165) is 0 Å². The number of carbonyl (C=O) groups excluding carboxylic acids is 1. The first-order chi connectivity index (χ1) is 11.6. The second-order valence-corrected chi connectivity index (χ2v) is 7.80. The number of nitrogens with one attached hydrogen (secondary N) is 1. The molecule has 0 radical (unpaired) electrons. The van der Waals surface area contributed by atoms with Gasteiger partial charge in [-0.3, -0.25) is 4.57 Å². The molecule has 146 valence electrons. The highest BCUT2D eigenvalue weighted by molar-refractivity contribution is 7.45. The van der Waals surface area contributed by atoms with E-state index >= 15 is 0 Å². The van der Waals surface area contributed by atoms with E-state index in [1.54, 1.807) is 0 Å². The van der Waals surface area contributed by atoms with Crippen LogP contribution in [0.25, 0.3) is 0 Å². The Hall–Kier alpha value is -1.14. The summed E-state index contributed by atoms with van der Waals surface area (Å²) in [6.45, 7) is 0.257. The number of likely N-dealkylation sites (N-methyl/N-ethyl adjacent to an activating group) is 1. The van der Waals surface area contributed by atoms with Gasteiger partial charge in [0.15, 0.2) is 0 Å². The van der Waals surface area contributed by atoms with E-state index in [9.17, 15) is 14.3 Å². The molecule has 2 unspecified atom stereocenters. The molecule has 0 aliphatic heterocycles. The highest BCUT2D eigenvalue weighted by Crippen LogP contribution is 2.38. The van der Waals surface area contributed by atoms with E-state index in [-0.39, 0.29) is 26.4 Å². The number of carbonyl (C=O) groups is 1. The largest absolute Gasteiger partial charge is 0.756 e. The third-order valence-electron chi connectivity index (χ3n) is 2.99. The molecule has 0 rings (SSSR count). The molecule has 0 aliphatic rings. The van der Waals surface area contributed by atoms with Crippen molar-refractivity contribution in [2.45, 2.75) is 25.4 Å². The quantitative estimate of drug-likeness (QED) is 0.201. The number of alkyl carbamates (subject to hydrolysis) is 1. The number of quaternary nitrogens is 1. The Labute approximate surface area is 149 Å². The first-order valence-electron chi connectivity index (χ1n) is 7.99. The van der Waals surface area contributed by atoms with Crippen LogP contribution in [0.2, 0.25) is 0 Å². The fourth-order valence-electron chi connectivity index (χ4n) is 1.62. The van der Waals surface area contributed by atoms with Gasteiger partial charge in [-0.25, -0.2) is 4.79 Å². The van der Waals surface area contributed by atoms with Crippen LogP contribution in [0.4, 0.5) is 4.79 Å². The fraction of sp³-hybridized carbons (Fsp3) is 0.800. The number of unbranched alkanes of at least 4 members (excludes halogenated alkanes) is 1. The molecule has 0 fully saturated rings. The van der Waals surface area contributed by atoms with Crippen molar-refractivity contribution >= 4 is 13.9 Å². The van der Waals surface area contributed by atoms with Crippen LogP contribution in [0.1, 0.15) is 19.3 Å². The van der Waals surface area contributed by atoms with Crippen LogP contribution < -0.4 is 10.2 Å².